The monoisotopic (exact) mass is 523 g/mol. The SMILES string of the molecule is COCOc1ccc(C(C)C)cc1Sc1ccc(CC[C@@](C)(CO)NC(=O)OC(C)(C)C)c(Cl)c1. The van der Waals surface area contributed by atoms with E-state index in [1.807, 2.05) is 24.3 Å². The molecule has 1 amide bonds. The van der Waals surface area contributed by atoms with Gasteiger partial charge in [-0.3, -0.25) is 0 Å². The number of hydrogen-bond acceptors (Lipinski definition) is 6. The minimum absolute atomic E-state index is 0.176. The van der Waals surface area contributed by atoms with Gasteiger partial charge in [0.15, 0.2) is 6.79 Å². The van der Waals surface area contributed by atoms with Crippen LogP contribution in [-0.4, -0.2) is 42.8 Å². The van der Waals surface area contributed by atoms with Crippen LogP contribution >= 0.6 is 23.4 Å². The molecule has 1 atom stereocenters. The number of methoxy groups -OCH3 is 1. The second-order valence-electron chi connectivity index (χ2n) is 10.1. The molecule has 0 spiro atoms. The third-order valence-electron chi connectivity index (χ3n) is 5.32. The minimum atomic E-state index is -0.829. The van der Waals surface area contributed by atoms with E-state index in [1.165, 1.54) is 5.56 Å². The highest BCUT2D eigenvalue weighted by Gasteiger charge is 2.28. The summed E-state index contributed by atoms with van der Waals surface area (Å²) in [6.07, 6.45) is 0.532. The zero-order valence-electron chi connectivity index (χ0n) is 21.7. The van der Waals surface area contributed by atoms with Crippen LogP contribution in [0.25, 0.3) is 0 Å². The lowest BCUT2D eigenvalue weighted by molar-refractivity contribution is 0.0406. The lowest BCUT2D eigenvalue weighted by atomic mass is 9.94. The van der Waals surface area contributed by atoms with E-state index in [4.69, 9.17) is 25.8 Å². The summed E-state index contributed by atoms with van der Waals surface area (Å²) >= 11 is 8.21. The van der Waals surface area contributed by atoms with E-state index >= 15 is 0 Å². The summed E-state index contributed by atoms with van der Waals surface area (Å²) in [6, 6.07) is 12.1. The summed E-state index contributed by atoms with van der Waals surface area (Å²) < 4.78 is 16.2. The molecule has 0 fully saturated rings. The maximum absolute atomic E-state index is 12.2. The highest BCUT2D eigenvalue weighted by Crippen LogP contribution is 2.38. The van der Waals surface area contributed by atoms with Crippen molar-refractivity contribution in [3.8, 4) is 5.75 Å². The molecule has 2 aromatic carbocycles. The Morgan fingerprint density at radius 2 is 1.86 bits per heavy atom. The molecular weight excluding hydrogens is 486 g/mol. The summed E-state index contributed by atoms with van der Waals surface area (Å²) in [4.78, 5) is 14.2. The number of halogens is 1. The topological polar surface area (TPSA) is 77.0 Å². The van der Waals surface area contributed by atoms with Crippen molar-refractivity contribution in [3.05, 3.63) is 52.5 Å². The third kappa shape index (κ3) is 9.56. The number of hydrogen-bond donors (Lipinski definition) is 2. The Bertz CT molecular complexity index is 992. The van der Waals surface area contributed by atoms with Gasteiger partial charge >= 0.3 is 6.09 Å². The minimum Gasteiger partial charge on any atom is -0.466 e. The number of benzene rings is 2. The molecule has 0 aliphatic heterocycles. The molecule has 2 N–H and O–H groups in total. The zero-order valence-corrected chi connectivity index (χ0v) is 23.3. The van der Waals surface area contributed by atoms with Crippen LogP contribution < -0.4 is 10.1 Å². The first kappa shape index (κ1) is 29.3. The maximum atomic E-state index is 12.2. The molecule has 8 heteroatoms. The van der Waals surface area contributed by atoms with Crippen molar-refractivity contribution in [2.75, 3.05) is 20.5 Å². The number of nitrogens with one attached hydrogen (secondary N) is 1. The van der Waals surface area contributed by atoms with Crippen LogP contribution in [0.15, 0.2) is 46.2 Å². The molecule has 0 saturated heterocycles. The standard InChI is InChI=1S/C27H38ClNO5S/c1-18(2)20-9-11-23(33-17-32-7)24(14-20)35-21-10-8-19(22(28)15-21)12-13-27(6,16-30)29-25(31)34-26(3,4)5/h8-11,14-15,18,30H,12-13,16-17H2,1-7H3,(H,29,31)/t27-/m0/s1. The lowest BCUT2D eigenvalue weighted by Crippen LogP contribution is -2.50. The number of alkyl carbamates (subject to hydrolysis) is 1. The highest BCUT2D eigenvalue weighted by molar-refractivity contribution is 7.99. The molecule has 6 nitrogen and oxygen atoms in total. The largest absolute Gasteiger partial charge is 0.466 e. The Kier molecular flexibility index (Phi) is 10.8. The third-order valence-corrected chi connectivity index (χ3v) is 6.70. The average molecular weight is 524 g/mol. The van der Waals surface area contributed by atoms with Gasteiger partial charge in [0, 0.05) is 17.0 Å². The van der Waals surface area contributed by atoms with Gasteiger partial charge < -0.3 is 24.6 Å². The summed E-state index contributed by atoms with van der Waals surface area (Å²) in [7, 11) is 1.60. The number of aryl methyl sites for hydroxylation is 1. The van der Waals surface area contributed by atoms with Crippen LogP contribution in [0.5, 0.6) is 5.75 Å². The number of amides is 1. The first-order valence-corrected chi connectivity index (χ1v) is 12.9. The Hall–Kier alpha value is -1.93. The quantitative estimate of drug-likeness (QED) is 0.315. The fraction of sp³-hybridized carbons (Fsp3) is 0.519. The van der Waals surface area contributed by atoms with Gasteiger partial charge in [0.1, 0.15) is 11.4 Å². The predicted molar refractivity (Wildman–Crippen MR) is 142 cm³/mol. The van der Waals surface area contributed by atoms with Crippen LogP contribution in [0.2, 0.25) is 5.02 Å². The van der Waals surface area contributed by atoms with E-state index in [-0.39, 0.29) is 13.4 Å². The molecule has 0 heterocycles. The molecule has 0 aliphatic rings. The summed E-state index contributed by atoms with van der Waals surface area (Å²) in [5, 5.41) is 13.3. The van der Waals surface area contributed by atoms with Crippen molar-refractivity contribution in [2.24, 2.45) is 0 Å². The smallest absolute Gasteiger partial charge is 0.408 e. The number of ether oxygens (including phenoxy) is 3. The number of carbonyl (C=O) groups excluding carboxylic acids is 1. The van der Waals surface area contributed by atoms with Crippen molar-refractivity contribution in [1.29, 1.82) is 0 Å². The van der Waals surface area contributed by atoms with E-state index in [1.54, 1.807) is 46.6 Å². The number of aliphatic hydroxyl groups excluding tert-OH is 1. The van der Waals surface area contributed by atoms with Crippen molar-refractivity contribution < 1.29 is 24.1 Å². The van der Waals surface area contributed by atoms with Gasteiger partial charge in [-0.15, -0.1) is 0 Å². The van der Waals surface area contributed by atoms with Crippen molar-refractivity contribution in [1.82, 2.24) is 5.32 Å². The lowest BCUT2D eigenvalue weighted by Gasteiger charge is -2.30. The Labute approximate surface area is 218 Å². The first-order valence-electron chi connectivity index (χ1n) is 11.7. The van der Waals surface area contributed by atoms with Crippen LogP contribution in [-0.2, 0) is 15.9 Å². The second kappa shape index (κ2) is 12.9. The second-order valence-corrected chi connectivity index (χ2v) is 11.6. The Morgan fingerprint density at radius 1 is 1.14 bits per heavy atom. The van der Waals surface area contributed by atoms with E-state index in [0.29, 0.717) is 23.8 Å². The van der Waals surface area contributed by atoms with Gasteiger partial charge in [-0.1, -0.05) is 49.3 Å². The Balaban J connectivity index is 2.13. The van der Waals surface area contributed by atoms with Gasteiger partial charge in [-0.25, -0.2) is 4.79 Å². The van der Waals surface area contributed by atoms with Crippen LogP contribution in [0.4, 0.5) is 4.79 Å². The molecule has 35 heavy (non-hydrogen) atoms. The molecule has 0 bridgehead atoms. The molecule has 0 unspecified atom stereocenters. The number of aliphatic hydroxyl groups is 1. The normalized spacial score (nSPS) is 13.4. The molecule has 194 valence electrons. The molecular formula is C27H38ClNO5S. The summed E-state index contributed by atoms with van der Waals surface area (Å²) in [5.41, 5.74) is 0.721. The van der Waals surface area contributed by atoms with Crippen molar-refractivity contribution in [3.63, 3.8) is 0 Å². The molecule has 0 aromatic heterocycles. The highest BCUT2D eigenvalue weighted by atomic mass is 35.5. The molecule has 0 saturated carbocycles. The van der Waals surface area contributed by atoms with E-state index in [0.717, 1.165) is 21.1 Å². The van der Waals surface area contributed by atoms with E-state index in [2.05, 4.69) is 31.3 Å². The van der Waals surface area contributed by atoms with E-state index < -0.39 is 17.2 Å². The fourth-order valence-electron chi connectivity index (χ4n) is 3.27. The predicted octanol–water partition coefficient (Wildman–Crippen LogP) is 6.81. The van der Waals surface area contributed by atoms with Gasteiger partial charge in [-0.05, 0) is 81.8 Å². The van der Waals surface area contributed by atoms with E-state index in [9.17, 15) is 9.90 Å². The Morgan fingerprint density at radius 3 is 2.43 bits per heavy atom. The number of carbonyl (C=O) groups is 1. The van der Waals surface area contributed by atoms with Gasteiger partial charge in [0.25, 0.3) is 0 Å². The maximum Gasteiger partial charge on any atom is 0.408 e. The van der Waals surface area contributed by atoms with Gasteiger partial charge in [0.05, 0.1) is 17.0 Å². The zero-order chi connectivity index (χ0) is 26.2. The van der Waals surface area contributed by atoms with Gasteiger partial charge in [-0.2, -0.15) is 0 Å². The summed E-state index contributed by atoms with van der Waals surface area (Å²) in [5.74, 6) is 1.15. The molecule has 2 rings (SSSR count). The molecule has 2 aromatic rings. The fourth-order valence-corrected chi connectivity index (χ4v) is 4.60. The molecule has 0 aliphatic carbocycles. The van der Waals surface area contributed by atoms with Gasteiger partial charge in [0.2, 0.25) is 0 Å². The summed E-state index contributed by atoms with van der Waals surface area (Å²) in [6.45, 7) is 11.5. The van der Waals surface area contributed by atoms with Crippen LogP contribution in [0, 0.1) is 0 Å². The van der Waals surface area contributed by atoms with Crippen molar-refractivity contribution in [2.45, 2.75) is 81.2 Å². The molecule has 0 radical (unpaired) electrons. The van der Waals surface area contributed by atoms with Crippen LogP contribution in [0.3, 0.4) is 0 Å². The number of rotatable bonds is 11. The first-order chi connectivity index (χ1) is 16.4. The van der Waals surface area contributed by atoms with Crippen LogP contribution in [0.1, 0.15) is 65.0 Å². The average Bonchev–Trinajstić information content (AvgIpc) is 2.76. The van der Waals surface area contributed by atoms with Crippen molar-refractivity contribution >= 4 is 29.5 Å².